The summed E-state index contributed by atoms with van der Waals surface area (Å²) in [7, 11) is 4.30. The summed E-state index contributed by atoms with van der Waals surface area (Å²) in [4.78, 5) is 23.6. The molecule has 132 valence electrons. The number of rotatable bonds is 7. The van der Waals surface area contributed by atoms with Gasteiger partial charge in [-0.1, -0.05) is 12.1 Å². The molecule has 0 fully saturated rings. The molecular formula is C18H19NO6. The first-order chi connectivity index (χ1) is 12.1. The number of benzene rings is 2. The minimum Gasteiger partial charge on any atom is -0.493 e. The van der Waals surface area contributed by atoms with Gasteiger partial charge < -0.3 is 24.3 Å². The predicted octanol–water partition coefficient (Wildman–Crippen LogP) is 2.51. The van der Waals surface area contributed by atoms with E-state index in [-0.39, 0.29) is 12.5 Å². The summed E-state index contributed by atoms with van der Waals surface area (Å²) in [5, 5.41) is 2.65. The van der Waals surface area contributed by atoms with Crippen molar-refractivity contribution in [2.24, 2.45) is 0 Å². The highest BCUT2D eigenvalue weighted by Crippen LogP contribution is 2.36. The van der Waals surface area contributed by atoms with Crippen LogP contribution in [-0.2, 0) is 9.53 Å². The lowest BCUT2D eigenvalue weighted by Crippen LogP contribution is -2.20. The standard InChI is InChI=1S/C18H19NO6/c1-22-14-8-5-9-15(17(14)23-2)25-11-16(20)19-13-7-4-6-12(10-13)18(21)24-3/h4-10H,11H2,1-3H3,(H,19,20). The van der Waals surface area contributed by atoms with E-state index < -0.39 is 5.97 Å². The topological polar surface area (TPSA) is 83.1 Å². The van der Waals surface area contributed by atoms with Gasteiger partial charge in [0.05, 0.1) is 26.9 Å². The molecule has 0 saturated carbocycles. The molecular weight excluding hydrogens is 326 g/mol. The molecule has 1 N–H and O–H groups in total. The Morgan fingerprint density at radius 1 is 0.960 bits per heavy atom. The fourth-order valence-electron chi connectivity index (χ4n) is 2.15. The summed E-state index contributed by atoms with van der Waals surface area (Å²) in [6, 6.07) is 11.6. The second kappa shape index (κ2) is 8.58. The summed E-state index contributed by atoms with van der Waals surface area (Å²) in [6.07, 6.45) is 0. The van der Waals surface area contributed by atoms with Crippen molar-refractivity contribution in [3.8, 4) is 17.2 Å². The number of methoxy groups -OCH3 is 3. The number of nitrogens with one attached hydrogen (secondary N) is 1. The zero-order chi connectivity index (χ0) is 18.2. The van der Waals surface area contributed by atoms with Crippen LogP contribution in [0.1, 0.15) is 10.4 Å². The molecule has 0 aliphatic rings. The van der Waals surface area contributed by atoms with Crippen LogP contribution in [0.3, 0.4) is 0 Å². The number of carbonyl (C=O) groups excluding carboxylic acids is 2. The number of ether oxygens (including phenoxy) is 4. The Balaban J connectivity index is 2.01. The van der Waals surface area contributed by atoms with Crippen LogP contribution < -0.4 is 19.5 Å². The van der Waals surface area contributed by atoms with Gasteiger partial charge in [-0.2, -0.15) is 0 Å². The lowest BCUT2D eigenvalue weighted by molar-refractivity contribution is -0.118. The van der Waals surface area contributed by atoms with E-state index >= 15 is 0 Å². The molecule has 0 saturated heterocycles. The number of esters is 1. The lowest BCUT2D eigenvalue weighted by atomic mass is 10.2. The first kappa shape index (κ1) is 18.1. The van der Waals surface area contributed by atoms with E-state index in [0.29, 0.717) is 28.5 Å². The van der Waals surface area contributed by atoms with Crippen LogP contribution in [0.5, 0.6) is 17.2 Å². The summed E-state index contributed by atoms with van der Waals surface area (Å²) in [6.45, 7) is -0.230. The molecule has 0 aromatic heterocycles. The van der Waals surface area contributed by atoms with E-state index in [1.54, 1.807) is 36.4 Å². The normalized spacial score (nSPS) is 9.88. The molecule has 1 amide bonds. The van der Waals surface area contributed by atoms with Gasteiger partial charge >= 0.3 is 5.97 Å². The van der Waals surface area contributed by atoms with Gasteiger partial charge in [0, 0.05) is 5.69 Å². The van der Waals surface area contributed by atoms with Crippen LogP contribution in [0.4, 0.5) is 5.69 Å². The Bertz CT molecular complexity index is 759. The van der Waals surface area contributed by atoms with Gasteiger partial charge in [-0.25, -0.2) is 4.79 Å². The summed E-state index contributed by atoms with van der Waals surface area (Å²) >= 11 is 0. The van der Waals surface area contributed by atoms with E-state index in [4.69, 9.17) is 14.2 Å². The molecule has 0 bridgehead atoms. The zero-order valence-corrected chi connectivity index (χ0v) is 14.2. The first-order valence-electron chi connectivity index (χ1n) is 7.41. The molecule has 0 aliphatic carbocycles. The van der Waals surface area contributed by atoms with Gasteiger partial charge in [0.2, 0.25) is 5.75 Å². The van der Waals surface area contributed by atoms with Gasteiger partial charge in [-0.3, -0.25) is 4.79 Å². The molecule has 2 aromatic carbocycles. The van der Waals surface area contributed by atoms with Crippen molar-refractivity contribution < 1.29 is 28.5 Å². The number of carbonyl (C=O) groups is 2. The molecule has 0 spiro atoms. The minimum absolute atomic E-state index is 0.230. The Morgan fingerprint density at radius 2 is 1.68 bits per heavy atom. The smallest absolute Gasteiger partial charge is 0.337 e. The predicted molar refractivity (Wildman–Crippen MR) is 91.5 cm³/mol. The third-order valence-corrected chi connectivity index (χ3v) is 3.29. The van der Waals surface area contributed by atoms with Crippen LogP contribution >= 0.6 is 0 Å². The van der Waals surface area contributed by atoms with Crippen LogP contribution in [-0.4, -0.2) is 39.8 Å². The monoisotopic (exact) mass is 345 g/mol. The third kappa shape index (κ3) is 4.63. The zero-order valence-electron chi connectivity index (χ0n) is 14.2. The molecule has 0 heterocycles. The Labute approximate surface area is 145 Å². The van der Waals surface area contributed by atoms with E-state index in [2.05, 4.69) is 10.1 Å². The van der Waals surface area contributed by atoms with E-state index in [0.717, 1.165) is 0 Å². The van der Waals surface area contributed by atoms with Gasteiger partial charge in [0.1, 0.15) is 0 Å². The van der Waals surface area contributed by atoms with Crippen molar-refractivity contribution in [2.75, 3.05) is 33.3 Å². The van der Waals surface area contributed by atoms with Crippen LogP contribution in [0.2, 0.25) is 0 Å². The maximum Gasteiger partial charge on any atom is 0.337 e. The van der Waals surface area contributed by atoms with Crippen molar-refractivity contribution >= 4 is 17.6 Å². The first-order valence-corrected chi connectivity index (χ1v) is 7.41. The number of anilines is 1. The summed E-state index contributed by atoms with van der Waals surface area (Å²) < 4.78 is 20.6. The largest absolute Gasteiger partial charge is 0.493 e. The van der Waals surface area contributed by atoms with Crippen molar-refractivity contribution in [1.82, 2.24) is 0 Å². The molecule has 0 aliphatic heterocycles. The average Bonchev–Trinajstić information content (AvgIpc) is 2.65. The number of para-hydroxylation sites is 1. The highest BCUT2D eigenvalue weighted by Gasteiger charge is 2.13. The SMILES string of the molecule is COC(=O)c1cccc(NC(=O)COc2cccc(OC)c2OC)c1. The fraction of sp³-hybridized carbons (Fsp3) is 0.222. The molecule has 0 radical (unpaired) electrons. The maximum absolute atomic E-state index is 12.1. The average molecular weight is 345 g/mol. The maximum atomic E-state index is 12.1. The second-order valence-electron chi connectivity index (χ2n) is 4.90. The Hall–Kier alpha value is -3.22. The van der Waals surface area contributed by atoms with Crippen LogP contribution in [0, 0.1) is 0 Å². The Morgan fingerprint density at radius 3 is 2.36 bits per heavy atom. The highest BCUT2D eigenvalue weighted by atomic mass is 16.5. The lowest BCUT2D eigenvalue weighted by Gasteiger charge is -2.13. The molecule has 25 heavy (non-hydrogen) atoms. The van der Waals surface area contributed by atoms with Crippen molar-refractivity contribution in [1.29, 1.82) is 0 Å². The van der Waals surface area contributed by atoms with E-state index in [1.165, 1.54) is 27.4 Å². The van der Waals surface area contributed by atoms with Gasteiger partial charge in [-0.15, -0.1) is 0 Å². The Kier molecular flexibility index (Phi) is 6.22. The summed E-state index contributed by atoms with van der Waals surface area (Å²) in [5.41, 5.74) is 0.810. The van der Waals surface area contributed by atoms with Gasteiger partial charge in [0.15, 0.2) is 18.1 Å². The molecule has 2 rings (SSSR count). The molecule has 7 heteroatoms. The van der Waals surface area contributed by atoms with Crippen molar-refractivity contribution in [3.05, 3.63) is 48.0 Å². The minimum atomic E-state index is -0.478. The molecule has 0 unspecified atom stereocenters. The number of hydrogen-bond acceptors (Lipinski definition) is 6. The number of hydrogen-bond donors (Lipinski definition) is 1. The number of amides is 1. The quantitative estimate of drug-likeness (QED) is 0.777. The van der Waals surface area contributed by atoms with Crippen molar-refractivity contribution in [2.45, 2.75) is 0 Å². The van der Waals surface area contributed by atoms with Crippen molar-refractivity contribution in [3.63, 3.8) is 0 Å². The van der Waals surface area contributed by atoms with Crippen LogP contribution in [0.25, 0.3) is 0 Å². The third-order valence-electron chi connectivity index (χ3n) is 3.29. The van der Waals surface area contributed by atoms with E-state index in [9.17, 15) is 9.59 Å². The summed E-state index contributed by atoms with van der Waals surface area (Å²) in [5.74, 6) is 0.442. The van der Waals surface area contributed by atoms with Crippen LogP contribution in [0.15, 0.2) is 42.5 Å². The van der Waals surface area contributed by atoms with E-state index in [1.807, 2.05) is 0 Å². The van der Waals surface area contributed by atoms with Gasteiger partial charge in [-0.05, 0) is 30.3 Å². The molecule has 7 nitrogen and oxygen atoms in total. The van der Waals surface area contributed by atoms with Gasteiger partial charge in [0.25, 0.3) is 5.91 Å². The highest BCUT2D eigenvalue weighted by molar-refractivity contribution is 5.95. The fourth-order valence-corrected chi connectivity index (χ4v) is 2.15. The molecule has 0 atom stereocenters. The molecule has 2 aromatic rings. The second-order valence-corrected chi connectivity index (χ2v) is 4.90.